The quantitative estimate of drug-likeness (QED) is 0.0200. The number of ether oxygens (including phenoxy) is 3. The maximum Gasteiger partial charge on any atom is 0.306 e. The third kappa shape index (κ3) is 45.4. The zero-order chi connectivity index (χ0) is 43.7. The summed E-state index contributed by atoms with van der Waals surface area (Å²) in [6.07, 6.45) is 62.4. The van der Waals surface area contributed by atoms with Crippen LogP contribution >= 0.6 is 0 Å². The number of hydrogen-bond donors (Lipinski definition) is 0. The number of hydrogen-bond acceptors (Lipinski definition) is 6. The van der Waals surface area contributed by atoms with Crippen LogP contribution in [-0.2, 0) is 28.6 Å². The summed E-state index contributed by atoms with van der Waals surface area (Å²) in [5, 5.41) is 0. The first-order chi connectivity index (χ1) is 29.5. The summed E-state index contributed by atoms with van der Waals surface area (Å²) >= 11 is 0. The van der Waals surface area contributed by atoms with Gasteiger partial charge in [-0.25, -0.2) is 0 Å². The third-order valence-corrected chi connectivity index (χ3v) is 9.94. The van der Waals surface area contributed by atoms with Crippen LogP contribution in [0.2, 0.25) is 0 Å². The van der Waals surface area contributed by atoms with Gasteiger partial charge in [-0.1, -0.05) is 201 Å². The molecule has 0 aliphatic heterocycles. The molecule has 0 fully saturated rings. The molecule has 0 saturated carbocycles. The van der Waals surface area contributed by atoms with Gasteiger partial charge in [-0.15, -0.1) is 0 Å². The minimum atomic E-state index is -0.794. The van der Waals surface area contributed by atoms with E-state index in [0.717, 1.165) is 122 Å². The molecule has 0 bridgehead atoms. The Morgan fingerprint density at radius 2 is 0.683 bits per heavy atom. The van der Waals surface area contributed by atoms with Gasteiger partial charge in [0.05, 0.1) is 0 Å². The van der Waals surface area contributed by atoms with E-state index in [9.17, 15) is 14.4 Å². The third-order valence-electron chi connectivity index (χ3n) is 9.94. The first-order valence-electron chi connectivity index (χ1n) is 24.3. The van der Waals surface area contributed by atoms with Gasteiger partial charge in [0.15, 0.2) is 6.10 Å². The van der Waals surface area contributed by atoms with Crippen molar-refractivity contribution in [1.82, 2.24) is 0 Å². The van der Waals surface area contributed by atoms with Crippen LogP contribution in [0.3, 0.4) is 0 Å². The summed E-state index contributed by atoms with van der Waals surface area (Å²) in [6, 6.07) is 0. The second kappa shape index (κ2) is 48.0. The second-order valence-electron chi connectivity index (χ2n) is 15.7. The van der Waals surface area contributed by atoms with Gasteiger partial charge in [0, 0.05) is 19.3 Å². The number of allylic oxidation sites excluding steroid dienone is 16. The Bertz CT molecular complexity index is 1230. The molecule has 0 amide bonds. The van der Waals surface area contributed by atoms with Crippen molar-refractivity contribution in [1.29, 1.82) is 0 Å². The molecule has 0 radical (unpaired) electrons. The highest BCUT2D eigenvalue weighted by atomic mass is 16.6. The molecule has 0 N–H and O–H groups in total. The molecule has 60 heavy (non-hydrogen) atoms. The standard InChI is InChI=1S/C54H88O6/c1-4-7-10-13-16-19-22-25-27-29-32-35-38-41-44-47-53(56)59-50-51(49-58-52(55)46-43-40-37-34-31-24-21-18-15-12-9-6-3)60-54(57)48-45-42-39-36-33-30-28-26-23-20-17-14-11-8-5-2/h7-14,16-23,51H,4-6,15,24-50H2,1-3H3/b10-7-,11-8-,12-9-,16-13-,17-14-,21-18-,22-19-,23-20-. The molecule has 6 heteroatoms. The Balaban J connectivity index is 4.45. The van der Waals surface area contributed by atoms with E-state index in [1.54, 1.807) is 0 Å². The summed E-state index contributed by atoms with van der Waals surface area (Å²) in [5.74, 6) is -0.940. The molecule has 0 heterocycles. The molecule has 0 aromatic heterocycles. The number of unbranched alkanes of at least 4 members (excludes halogenated alkanes) is 19. The van der Waals surface area contributed by atoms with E-state index in [4.69, 9.17) is 14.2 Å². The number of esters is 3. The molecule has 1 unspecified atom stereocenters. The smallest absolute Gasteiger partial charge is 0.306 e. The molecule has 0 spiro atoms. The molecular formula is C54H88O6. The van der Waals surface area contributed by atoms with Gasteiger partial charge in [-0.05, 0) is 83.5 Å². The van der Waals surface area contributed by atoms with Crippen molar-refractivity contribution in [2.24, 2.45) is 0 Å². The molecule has 0 aromatic carbocycles. The van der Waals surface area contributed by atoms with Gasteiger partial charge < -0.3 is 14.2 Å². The van der Waals surface area contributed by atoms with E-state index in [0.29, 0.717) is 19.3 Å². The van der Waals surface area contributed by atoms with E-state index >= 15 is 0 Å². The average molecular weight is 833 g/mol. The van der Waals surface area contributed by atoms with Crippen molar-refractivity contribution >= 4 is 17.9 Å². The van der Waals surface area contributed by atoms with Crippen LogP contribution in [0.4, 0.5) is 0 Å². The molecule has 1 atom stereocenters. The van der Waals surface area contributed by atoms with Gasteiger partial charge in [0.25, 0.3) is 0 Å². The fourth-order valence-corrected chi connectivity index (χ4v) is 6.36. The lowest BCUT2D eigenvalue weighted by Gasteiger charge is -2.18. The monoisotopic (exact) mass is 833 g/mol. The molecular weight excluding hydrogens is 745 g/mol. The molecule has 340 valence electrons. The van der Waals surface area contributed by atoms with E-state index in [-0.39, 0.29) is 31.1 Å². The summed E-state index contributed by atoms with van der Waals surface area (Å²) < 4.78 is 16.7. The van der Waals surface area contributed by atoms with Crippen LogP contribution in [0.5, 0.6) is 0 Å². The molecule has 0 aliphatic carbocycles. The SMILES string of the molecule is CC\C=C/C=C\C=C/CCCCCCCCCC(=O)OCC(COC(=O)CCCCCCC/C=C\C/C=C\CC)OC(=O)CCCCCCCCC\C=C/C=C\C=C/CC. The fraction of sp³-hybridized carbons (Fsp3) is 0.648. The maximum absolute atomic E-state index is 12.8. The van der Waals surface area contributed by atoms with E-state index < -0.39 is 6.10 Å². The van der Waals surface area contributed by atoms with Crippen LogP contribution < -0.4 is 0 Å². The normalized spacial score (nSPS) is 12.9. The van der Waals surface area contributed by atoms with Crippen molar-refractivity contribution in [3.63, 3.8) is 0 Å². The van der Waals surface area contributed by atoms with Crippen LogP contribution in [0, 0.1) is 0 Å². The summed E-state index contributed by atoms with van der Waals surface area (Å²) in [7, 11) is 0. The van der Waals surface area contributed by atoms with Gasteiger partial charge >= 0.3 is 17.9 Å². The molecule has 0 aromatic rings. The van der Waals surface area contributed by atoms with Crippen LogP contribution in [-0.4, -0.2) is 37.2 Å². The largest absolute Gasteiger partial charge is 0.462 e. The molecule has 0 rings (SSSR count). The Hall–Kier alpha value is -3.67. The average Bonchev–Trinajstić information content (AvgIpc) is 3.24. The Morgan fingerprint density at radius 3 is 1.10 bits per heavy atom. The summed E-state index contributed by atoms with van der Waals surface area (Å²) in [4.78, 5) is 37.9. The van der Waals surface area contributed by atoms with E-state index in [1.807, 2.05) is 0 Å². The summed E-state index contributed by atoms with van der Waals surface area (Å²) in [6.45, 7) is 6.22. The van der Waals surface area contributed by atoms with Crippen molar-refractivity contribution in [3.05, 3.63) is 97.2 Å². The van der Waals surface area contributed by atoms with Gasteiger partial charge in [-0.2, -0.15) is 0 Å². The molecule has 0 saturated heterocycles. The van der Waals surface area contributed by atoms with E-state index in [1.165, 1.54) is 44.9 Å². The zero-order valence-electron chi connectivity index (χ0n) is 38.7. The number of carbonyl (C=O) groups is 3. The minimum Gasteiger partial charge on any atom is -0.462 e. The Morgan fingerprint density at radius 1 is 0.350 bits per heavy atom. The van der Waals surface area contributed by atoms with Crippen LogP contribution in [0.1, 0.15) is 207 Å². The fourth-order valence-electron chi connectivity index (χ4n) is 6.36. The highest BCUT2D eigenvalue weighted by Crippen LogP contribution is 2.14. The second-order valence-corrected chi connectivity index (χ2v) is 15.7. The highest BCUT2D eigenvalue weighted by Gasteiger charge is 2.19. The first kappa shape index (κ1) is 56.3. The molecule has 0 aliphatic rings. The van der Waals surface area contributed by atoms with Gasteiger partial charge in [-0.3, -0.25) is 14.4 Å². The highest BCUT2D eigenvalue weighted by molar-refractivity contribution is 5.71. The predicted octanol–water partition coefficient (Wildman–Crippen LogP) is 15.8. The van der Waals surface area contributed by atoms with Crippen molar-refractivity contribution in [2.75, 3.05) is 13.2 Å². The van der Waals surface area contributed by atoms with Crippen molar-refractivity contribution in [2.45, 2.75) is 213 Å². The van der Waals surface area contributed by atoms with Gasteiger partial charge in [0.1, 0.15) is 13.2 Å². The van der Waals surface area contributed by atoms with E-state index in [2.05, 4.69) is 118 Å². The lowest BCUT2D eigenvalue weighted by atomic mass is 10.1. The Kier molecular flexibility index (Phi) is 45.1. The lowest BCUT2D eigenvalue weighted by Crippen LogP contribution is -2.30. The maximum atomic E-state index is 12.8. The Labute approximate surface area is 368 Å². The van der Waals surface area contributed by atoms with Crippen LogP contribution in [0.25, 0.3) is 0 Å². The van der Waals surface area contributed by atoms with Crippen molar-refractivity contribution in [3.8, 4) is 0 Å². The predicted molar refractivity (Wildman–Crippen MR) is 256 cm³/mol. The topological polar surface area (TPSA) is 78.9 Å². The lowest BCUT2D eigenvalue weighted by molar-refractivity contribution is -0.167. The number of carbonyl (C=O) groups excluding carboxylic acids is 3. The first-order valence-corrected chi connectivity index (χ1v) is 24.3. The summed E-state index contributed by atoms with van der Waals surface area (Å²) in [5.41, 5.74) is 0. The minimum absolute atomic E-state index is 0.0950. The zero-order valence-corrected chi connectivity index (χ0v) is 38.7. The number of rotatable bonds is 42. The van der Waals surface area contributed by atoms with Crippen molar-refractivity contribution < 1.29 is 28.6 Å². The van der Waals surface area contributed by atoms with Crippen LogP contribution in [0.15, 0.2) is 97.2 Å². The van der Waals surface area contributed by atoms with Gasteiger partial charge in [0.2, 0.25) is 0 Å². The molecule has 6 nitrogen and oxygen atoms in total.